The molecule has 0 aliphatic rings. The molecule has 170 valence electrons. The highest BCUT2D eigenvalue weighted by atomic mass is 32.3. The number of hydrogen-bond donors (Lipinski definition) is 3. The van der Waals surface area contributed by atoms with Crippen LogP contribution in [0.1, 0.15) is 71.1 Å². The van der Waals surface area contributed by atoms with E-state index >= 15 is 0 Å². The third kappa shape index (κ3) is 19.0. The summed E-state index contributed by atoms with van der Waals surface area (Å²) >= 11 is 0. The largest absolute Gasteiger partial charge is 0.397 e. The van der Waals surface area contributed by atoms with Crippen molar-refractivity contribution >= 4 is 10.4 Å². The highest BCUT2D eigenvalue weighted by molar-refractivity contribution is 7.80. The fourth-order valence-corrected chi connectivity index (χ4v) is 3.51. The van der Waals surface area contributed by atoms with Gasteiger partial charge in [-0.15, -0.1) is 0 Å². The molecule has 0 amide bonds. The molecule has 0 aromatic carbocycles. The molecule has 0 rings (SSSR count). The number of hydrogen-bond acceptors (Lipinski definition) is 7. The van der Waals surface area contributed by atoms with Crippen molar-refractivity contribution in [3.63, 3.8) is 0 Å². The number of ether oxygens (including phenoxy) is 1. The van der Waals surface area contributed by atoms with Crippen molar-refractivity contribution in [1.29, 1.82) is 0 Å². The van der Waals surface area contributed by atoms with Crippen LogP contribution in [-0.2, 0) is 19.3 Å². The van der Waals surface area contributed by atoms with Crippen molar-refractivity contribution in [1.82, 2.24) is 4.90 Å². The molecule has 0 aromatic rings. The van der Waals surface area contributed by atoms with Gasteiger partial charge in [-0.3, -0.25) is 9.45 Å². The van der Waals surface area contributed by atoms with Gasteiger partial charge in [0.2, 0.25) is 0 Å². The van der Waals surface area contributed by atoms with Gasteiger partial charge in [0.15, 0.2) is 0 Å². The van der Waals surface area contributed by atoms with Crippen molar-refractivity contribution in [3.05, 3.63) is 0 Å². The standard InChI is InChI=1S/C19H41NO7S/c1-2-3-4-5-6-7-8-9-10-11-16-26-18-19(27-28(23,24)25)17-20(12-14-21)13-15-22/h19,21-22H,2-18H2,1H3,(H,23,24,25). The lowest BCUT2D eigenvalue weighted by atomic mass is 10.1. The topological polar surface area (TPSA) is 117 Å². The van der Waals surface area contributed by atoms with Crippen LogP contribution in [-0.4, -0.2) is 80.2 Å². The van der Waals surface area contributed by atoms with Gasteiger partial charge in [-0.2, -0.15) is 8.42 Å². The van der Waals surface area contributed by atoms with Crippen LogP contribution in [0.5, 0.6) is 0 Å². The van der Waals surface area contributed by atoms with Gasteiger partial charge in [0.1, 0.15) is 6.10 Å². The summed E-state index contributed by atoms with van der Waals surface area (Å²) in [6.45, 7) is 3.15. The molecule has 28 heavy (non-hydrogen) atoms. The van der Waals surface area contributed by atoms with Gasteiger partial charge >= 0.3 is 10.4 Å². The molecule has 0 heterocycles. The number of aliphatic hydroxyl groups is 2. The Labute approximate surface area is 171 Å². The van der Waals surface area contributed by atoms with E-state index in [2.05, 4.69) is 11.1 Å². The minimum absolute atomic E-state index is 0.0184. The van der Waals surface area contributed by atoms with Gasteiger partial charge in [0, 0.05) is 26.2 Å². The molecule has 0 bridgehead atoms. The van der Waals surface area contributed by atoms with Gasteiger partial charge in [-0.05, 0) is 6.42 Å². The maximum atomic E-state index is 11.0. The predicted octanol–water partition coefficient (Wildman–Crippen LogP) is 2.40. The second-order valence-corrected chi connectivity index (χ2v) is 8.20. The maximum absolute atomic E-state index is 11.0. The number of nitrogens with zero attached hydrogens (tertiary/aromatic N) is 1. The number of unbranched alkanes of at least 4 members (excludes halogenated alkanes) is 9. The average Bonchev–Trinajstić information content (AvgIpc) is 2.61. The fourth-order valence-electron chi connectivity index (χ4n) is 3.05. The number of aliphatic hydroxyl groups excluding tert-OH is 2. The van der Waals surface area contributed by atoms with Crippen LogP contribution in [0, 0.1) is 0 Å². The second kappa shape index (κ2) is 18.7. The van der Waals surface area contributed by atoms with E-state index in [1.807, 2.05) is 0 Å². The zero-order valence-corrected chi connectivity index (χ0v) is 18.2. The Hall–Kier alpha value is -0.290. The minimum Gasteiger partial charge on any atom is -0.395 e. The first-order valence-corrected chi connectivity index (χ1v) is 12.0. The van der Waals surface area contributed by atoms with Crippen molar-refractivity contribution in [2.24, 2.45) is 0 Å². The van der Waals surface area contributed by atoms with E-state index in [4.69, 9.17) is 19.5 Å². The SMILES string of the molecule is CCCCCCCCCCCCOCC(CN(CCO)CCO)OS(=O)(=O)O. The molecule has 0 aliphatic heterocycles. The molecule has 3 N–H and O–H groups in total. The van der Waals surface area contributed by atoms with Crippen molar-refractivity contribution in [2.75, 3.05) is 46.1 Å². The van der Waals surface area contributed by atoms with Crippen molar-refractivity contribution in [2.45, 2.75) is 77.2 Å². The van der Waals surface area contributed by atoms with Crippen LogP contribution in [0.4, 0.5) is 0 Å². The first-order chi connectivity index (χ1) is 13.4. The average molecular weight is 428 g/mol. The summed E-state index contributed by atoms with van der Waals surface area (Å²) in [5, 5.41) is 18.1. The molecule has 0 saturated carbocycles. The highest BCUT2D eigenvalue weighted by Crippen LogP contribution is 2.11. The molecule has 1 unspecified atom stereocenters. The Balaban J connectivity index is 3.92. The second-order valence-electron chi connectivity index (χ2n) is 7.15. The van der Waals surface area contributed by atoms with E-state index in [1.165, 1.54) is 51.4 Å². The summed E-state index contributed by atoms with van der Waals surface area (Å²) in [5.74, 6) is 0. The van der Waals surface area contributed by atoms with Gasteiger partial charge in [0.05, 0.1) is 19.8 Å². The predicted molar refractivity (Wildman–Crippen MR) is 110 cm³/mol. The van der Waals surface area contributed by atoms with Gasteiger partial charge in [0.25, 0.3) is 0 Å². The highest BCUT2D eigenvalue weighted by Gasteiger charge is 2.20. The van der Waals surface area contributed by atoms with Gasteiger partial charge < -0.3 is 14.9 Å². The van der Waals surface area contributed by atoms with E-state index in [-0.39, 0.29) is 39.5 Å². The summed E-state index contributed by atoms with van der Waals surface area (Å²) < 4.78 is 41.1. The molecule has 1 atom stereocenters. The van der Waals surface area contributed by atoms with E-state index in [1.54, 1.807) is 4.90 Å². The lowest BCUT2D eigenvalue weighted by Crippen LogP contribution is -2.40. The molecular formula is C19H41NO7S. The summed E-state index contributed by atoms with van der Waals surface area (Å²) in [6, 6.07) is 0. The Morgan fingerprint density at radius 3 is 1.82 bits per heavy atom. The smallest absolute Gasteiger partial charge is 0.395 e. The third-order valence-corrected chi connectivity index (χ3v) is 5.01. The van der Waals surface area contributed by atoms with E-state index in [9.17, 15) is 8.42 Å². The van der Waals surface area contributed by atoms with E-state index in [0.717, 1.165) is 12.8 Å². The molecule has 0 aliphatic carbocycles. The van der Waals surface area contributed by atoms with Crippen LogP contribution < -0.4 is 0 Å². The Bertz CT molecular complexity index is 428. The van der Waals surface area contributed by atoms with Crippen molar-refractivity contribution < 1.29 is 32.1 Å². The zero-order valence-electron chi connectivity index (χ0n) is 17.4. The molecule has 0 fully saturated rings. The molecule has 8 nitrogen and oxygen atoms in total. The molecule has 0 radical (unpaired) electrons. The first kappa shape index (κ1) is 27.7. The van der Waals surface area contributed by atoms with Gasteiger partial charge in [-0.1, -0.05) is 64.7 Å². The van der Waals surface area contributed by atoms with Crippen LogP contribution >= 0.6 is 0 Å². The number of rotatable bonds is 21. The van der Waals surface area contributed by atoms with Crippen LogP contribution in [0.15, 0.2) is 0 Å². The summed E-state index contributed by atoms with van der Waals surface area (Å²) in [5.41, 5.74) is 0. The van der Waals surface area contributed by atoms with Gasteiger partial charge in [-0.25, -0.2) is 4.18 Å². The normalized spacial score (nSPS) is 13.3. The summed E-state index contributed by atoms with van der Waals surface area (Å²) in [4.78, 5) is 1.65. The molecule has 0 spiro atoms. The van der Waals surface area contributed by atoms with E-state index < -0.39 is 16.5 Å². The summed E-state index contributed by atoms with van der Waals surface area (Å²) in [7, 11) is -4.60. The monoisotopic (exact) mass is 427 g/mol. The Kier molecular flexibility index (Phi) is 18.5. The third-order valence-electron chi connectivity index (χ3n) is 4.50. The van der Waals surface area contributed by atoms with Crippen molar-refractivity contribution in [3.8, 4) is 0 Å². The quantitative estimate of drug-likeness (QED) is 0.189. The Morgan fingerprint density at radius 1 is 0.857 bits per heavy atom. The molecular weight excluding hydrogens is 386 g/mol. The summed E-state index contributed by atoms with van der Waals surface area (Å²) in [6.07, 6.45) is 11.3. The minimum atomic E-state index is -4.60. The van der Waals surface area contributed by atoms with E-state index in [0.29, 0.717) is 6.61 Å². The first-order valence-electron chi connectivity index (χ1n) is 10.6. The Morgan fingerprint density at radius 2 is 1.36 bits per heavy atom. The van der Waals surface area contributed by atoms with Crippen LogP contribution in [0.2, 0.25) is 0 Å². The lowest BCUT2D eigenvalue weighted by Gasteiger charge is -2.25. The molecule has 0 saturated heterocycles. The molecule has 0 aromatic heterocycles. The molecule has 9 heteroatoms. The maximum Gasteiger partial charge on any atom is 0.397 e. The fraction of sp³-hybridized carbons (Fsp3) is 1.00. The van der Waals surface area contributed by atoms with Crippen LogP contribution in [0.3, 0.4) is 0 Å². The zero-order chi connectivity index (χ0) is 21.1. The van der Waals surface area contributed by atoms with Crippen LogP contribution in [0.25, 0.3) is 0 Å². The lowest BCUT2D eigenvalue weighted by molar-refractivity contribution is 0.0208.